The Balaban J connectivity index is 3.73. The summed E-state index contributed by atoms with van der Waals surface area (Å²) in [5.74, 6) is 1.69. The van der Waals surface area contributed by atoms with E-state index in [1.165, 1.54) is 154 Å². The Hall–Kier alpha value is -0.200. The fourth-order valence-electron chi connectivity index (χ4n) is 6.73. The van der Waals surface area contributed by atoms with E-state index < -0.39 is 11.2 Å². The van der Waals surface area contributed by atoms with Gasteiger partial charge in [0.15, 0.2) is 0 Å². The van der Waals surface area contributed by atoms with Crippen LogP contribution in [0.25, 0.3) is 0 Å². The van der Waals surface area contributed by atoms with E-state index in [0.29, 0.717) is 12.8 Å². The first-order valence-corrected chi connectivity index (χ1v) is 20.9. The van der Waals surface area contributed by atoms with Gasteiger partial charge < -0.3 is 25.2 Å². The molecule has 0 radical (unpaired) electrons. The molecule has 5 nitrogen and oxygen atoms in total. The molecule has 0 saturated heterocycles. The van der Waals surface area contributed by atoms with Crippen LogP contribution in [0.5, 0.6) is 0 Å². The molecule has 0 aliphatic heterocycles. The standard InChI is InChI=1S/C42H86O5/c1-39(2)31-27-23-19-15-11-7-5-9-13-17-21-25-29-33-41(45,35-43)37-47-38-42(46,36-44)34-30-26-22-18-14-10-6-8-12-16-20-24-28-32-40(3)4/h39-40,43-46H,5-38H2,1-4H3. The van der Waals surface area contributed by atoms with Crippen molar-refractivity contribution in [1.82, 2.24) is 0 Å². The smallest absolute Gasteiger partial charge is 0.111 e. The maximum atomic E-state index is 10.8. The van der Waals surface area contributed by atoms with E-state index in [0.717, 1.165) is 37.5 Å². The highest BCUT2D eigenvalue weighted by Gasteiger charge is 2.30. The third-order valence-electron chi connectivity index (χ3n) is 10.2. The molecular formula is C42H86O5. The van der Waals surface area contributed by atoms with Crippen molar-refractivity contribution in [3.05, 3.63) is 0 Å². The minimum Gasteiger partial charge on any atom is -0.393 e. The highest BCUT2D eigenvalue weighted by molar-refractivity contribution is 4.81. The minimum absolute atomic E-state index is 0.0122. The van der Waals surface area contributed by atoms with Crippen LogP contribution in [0.2, 0.25) is 0 Å². The van der Waals surface area contributed by atoms with Crippen LogP contribution in [0.15, 0.2) is 0 Å². The maximum Gasteiger partial charge on any atom is 0.111 e. The monoisotopic (exact) mass is 671 g/mol. The highest BCUT2D eigenvalue weighted by atomic mass is 16.5. The molecule has 0 aliphatic rings. The van der Waals surface area contributed by atoms with Crippen molar-refractivity contribution < 1.29 is 25.2 Å². The largest absolute Gasteiger partial charge is 0.393 e. The summed E-state index contributed by atoms with van der Waals surface area (Å²) in [7, 11) is 0. The Bertz CT molecular complexity index is 574. The molecule has 47 heavy (non-hydrogen) atoms. The quantitative estimate of drug-likeness (QED) is 0.0491. The van der Waals surface area contributed by atoms with Gasteiger partial charge in [-0.1, -0.05) is 207 Å². The predicted octanol–water partition coefficient (Wildman–Crippen LogP) is 11.5. The molecule has 0 rings (SSSR count). The molecule has 2 unspecified atom stereocenters. The summed E-state index contributed by atoms with van der Waals surface area (Å²) in [5, 5.41) is 41.3. The molecule has 284 valence electrons. The number of rotatable bonds is 38. The summed E-state index contributed by atoms with van der Waals surface area (Å²) in [6, 6.07) is 0. The van der Waals surface area contributed by atoms with E-state index in [2.05, 4.69) is 27.7 Å². The maximum absolute atomic E-state index is 10.8. The fourth-order valence-corrected chi connectivity index (χ4v) is 6.73. The second-order valence-corrected chi connectivity index (χ2v) is 16.3. The third kappa shape index (κ3) is 32.7. The third-order valence-corrected chi connectivity index (χ3v) is 10.2. The lowest BCUT2D eigenvalue weighted by molar-refractivity contribution is -0.129. The van der Waals surface area contributed by atoms with E-state index in [1.807, 2.05) is 0 Å². The number of ether oxygens (including phenoxy) is 1. The van der Waals surface area contributed by atoms with Gasteiger partial charge in [0, 0.05) is 0 Å². The summed E-state index contributed by atoms with van der Waals surface area (Å²) in [4.78, 5) is 0. The van der Waals surface area contributed by atoms with Crippen LogP contribution in [0.4, 0.5) is 0 Å². The molecule has 0 saturated carbocycles. The van der Waals surface area contributed by atoms with Crippen LogP contribution >= 0.6 is 0 Å². The Morgan fingerprint density at radius 1 is 0.362 bits per heavy atom. The van der Waals surface area contributed by atoms with Crippen molar-refractivity contribution in [2.24, 2.45) is 11.8 Å². The zero-order valence-electron chi connectivity index (χ0n) is 32.4. The first-order valence-electron chi connectivity index (χ1n) is 20.9. The SMILES string of the molecule is CC(C)CCCCCCCCCCCCCCCC(O)(CO)COCC(O)(CO)CCCCCCCCCCCCCCCC(C)C. The topological polar surface area (TPSA) is 90.2 Å². The van der Waals surface area contributed by atoms with Gasteiger partial charge in [-0.25, -0.2) is 0 Å². The van der Waals surface area contributed by atoms with E-state index in [-0.39, 0.29) is 26.4 Å². The Morgan fingerprint density at radius 2 is 0.574 bits per heavy atom. The Labute approximate surface area is 294 Å². The van der Waals surface area contributed by atoms with Gasteiger partial charge in [-0.15, -0.1) is 0 Å². The van der Waals surface area contributed by atoms with Gasteiger partial charge in [-0.3, -0.25) is 0 Å². The molecule has 0 aromatic heterocycles. The first-order chi connectivity index (χ1) is 22.7. The molecule has 0 aliphatic carbocycles. The van der Waals surface area contributed by atoms with Crippen LogP contribution in [0.1, 0.15) is 220 Å². The number of hydrogen-bond acceptors (Lipinski definition) is 5. The zero-order chi connectivity index (χ0) is 34.9. The second-order valence-electron chi connectivity index (χ2n) is 16.3. The lowest BCUT2D eigenvalue weighted by Crippen LogP contribution is -2.43. The van der Waals surface area contributed by atoms with Crippen LogP contribution in [0.3, 0.4) is 0 Å². The molecule has 0 fully saturated rings. The van der Waals surface area contributed by atoms with E-state index in [9.17, 15) is 20.4 Å². The first kappa shape index (κ1) is 46.8. The molecule has 0 amide bonds. The van der Waals surface area contributed by atoms with Crippen LogP contribution in [0, 0.1) is 11.8 Å². The molecule has 5 heteroatoms. The Morgan fingerprint density at radius 3 is 0.787 bits per heavy atom. The van der Waals surface area contributed by atoms with E-state index >= 15 is 0 Å². The zero-order valence-corrected chi connectivity index (χ0v) is 32.4. The van der Waals surface area contributed by atoms with Gasteiger partial charge in [-0.2, -0.15) is 0 Å². The average molecular weight is 671 g/mol. The minimum atomic E-state index is -1.28. The number of aliphatic hydroxyl groups is 4. The normalized spacial score (nSPS) is 14.7. The summed E-state index contributed by atoms with van der Waals surface area (Å²) in [5.41, 5.74) is -2.56. The van der Waals surface area contributed by atoms with Crippen molar-refractivity contribution in [3.8, 4) is 0 Å². The van der Waals surface area contributed by atoms with E-state index in [4.69, 9.17) is 4.74 Å². The fraction of sp³-hybridized carbons (Fsp3) is 1.00. The average Bonchev–Trinajstić information content (AvgIpc) is 3.04. The highest BCUT2D eigenvalue weighted by Crippen LogP contribution is 2.21. The van der Waals surface area contributed by atoms with E-state index in [1.54, 1.807) is 0 Å². The summed E-state index contributed by atoms with van der Waals surface area (Å²) < 4.78 is 5.68. The van der Waals surface area contributed by atoms with Crippen molar-refractivity contribution in [3.63, 3.8) is 0 Å². The second kappa shape index (κ2) is 33.0. The number of unbranched alkanes of at least 4 members (excludes halogenated alkanes) is 24. The molecule has 0 spiro atoms. The molecule has 2 atom stereocenters. The van der Waals surface area contributed by atoms with Crippen molar-refractivity contribution in [2.75, 3.05) is 26.4 Å². The van der Waals surface area contributed by atoms with Crippen LogP contribution in [-0.2, 0) is 4.74 Å². The summed E-state index contributed by atoms with van der Waals surface area (Å²) >= 11 is 0. The van der Waals surface area contributed by atoms with Crippen molar-refractivity contribution >= 4 is 0 Å². The molecule has 0 aromatic rings. The van der Waals surface area contributed by atoms with Gasteiger partial charge in [0.05, 0.1) is 26.4 Å². The van der Waals surface area contributed by atoms with Gasteiger partial charge in [0.2, 0.25) is 0 Å². The summed E-state index contributed by atoms with van der Waals surface area (Å²) in [6.07, 6.45) is 37.1. The molecular weight excluding hydrogens is 584 g/mol. The van der Waals surface area contributed by atoms with Crippen LogP contribution in [-0.4, -0.2) is 58.1 Å². The summed E-state index contributed by atoms with van der Waals surface area (Å²) in [6.45, 7) is 8.54. The molecule has 0 heterocycles. The van der Waals surface area contributed by atoms with Gasteiger partial charge in [0.25, 0.3) is 0 Å². The predicted molar refractivity (Wildman–Crippen MR) is 203 cm³/mol. The van der Waals surface area contributed by atoms with Crippen LogP contribution < -0.4 is 0 Å². The lowest BCUT2D eigenvalue weighted by Gasteiger charge is -2.30. The Kier molecular flexibility index (Phi) is 32.8. The molecule has 0 aromatic carbocycles. The lowest BCUT2D eigenvalue weighted by atomic mass is 9.95. The molecule has 4 N–H and O–H groups in total. The van der Waals surface area contributed by atoms with Crippen molar-refractivity contribution in [1.29, 1.82) is 0 Å². The number of aliphatic hydroxyl groups excluding tert-OH is 2. The van der Waals surface area contributed by atoms with Gasteiger partial charge >= 0.3 is 0 Å². The molecule has 0 bridgehead atoms. The van der Waals surface area contributed by atoms with Gasteiger partial charge in [0.1, 0.15) is 11.2 Å². The van der Waals surface area contributed by atoms with Crippen molar-refractivity contribution in [2.45, 2.75) is 232 Å². The number of hydrogen-bond donors (Lipinski definition) is 4. The van der Waals surface area contributed by atoms with Gasteiger partial charge in [-0.05, 0) is 24.7 Å².